The van der Waals surface area contributed by atoms with E-state index in [4.69, 9.17) is 15.2 Å². The van der Waals surface area contributed by atoms with Crippen molar-refractivity contribution in [3.63, 3.8) is 0 Å². The number of hydrogen-bond acceptors (Lipinski definition) is 5. The molecule has 1 heterocycles. The zero-order valence-electron chi connectivity index (χ0n) is 13.1. The van der Waals surface area contributed by atoms with Gasteiger partial charge in [-0.15, -0.1) is 0 Å². The predicted molar refractivity (Wildman–Crippen MR) is 84.7 cm³/mol. The number of rotatable bonds is 6. The quantitative estimate of drug-likeness (QED) is 0.857. The first-order valence-electron chi connectivity index (χ1n) is 7.64. The van der Waals surface area contributed by atoms with Crippen LogP contribution >= 0.6 is 0 Å². The van der Waals surface area contributed by atoms with Crippen molar-refractivity contribution in [2.75, 3.05) is 26.3 Å². The van der Waals surface area contributed by atoms with E-state index < -0.39 is 10.0 Å². The van der Waals surface area contributed by atoms with Crippen molar-refractivity contribution in [3.8, 4) is 11.5 Å². The van der Waals surface area contributed by atoms with Crippen LogP contribution in [0.3, 0.4) is 0 Å². The van der Waals surface area contributed by atoms with Gasteiger partial charge in [0.25, 0.3) is 0 Å². The fourth-order valence-electron chi connectivity index (χ4n) is 2.53. The number of hydrogen-bond donors (Lipinski definition) is 1. The SMILES string of the molecule is CCOc1ccc(S(=O)(=O)N2CCC[C@H](N)C2)cc1OCC. The second-order valence-corrected chi connectivity index (χ2v) is 7.18. The van der Waals surface area contributed by atoms with E-state index in [-0.39, 0.29) is 10.9 Å². The molecule has 22 heavy (non-hydrogen) atoms. The summed E-state index contributed by atoms with van der Waals surface area (Å²) in [6.07, 6.45) is 1.65. The van der Waals surface area contributed by atoms with E-state index in [0.29, 0.717) is 37.8 Å². The van der Waals surface area contributed by atoms with Crippen molar-refractivity contribution in [2.24, 2.45) is 5.73 Å². The van der Waals surface area contributed by atoms with Crippen LogP contribution in [0.1, 0.15) is 26.7 Å². The summed E-state index contributed by atoms with van der Waals surface area (Å²) in [5.41, 5.74) is 5.89. The third-order valence-corrected chi connectivity index (χ3v) is 5.43. The molecule has 0 radical (unpaired) electrons. The van der Waals surface area contributed by atoms with Gasteiger partial charge in [0.1, 0.15) is 0 Å². The molecular formula is C15H24N2O4S. The molecule has 7 heteroatoms. The maximum atomic E-state index is 12.7. The number of benzene rings is 1. The second kappa shape index (κ2) is 7.30. The molecule has 124 valence electrons. The predicted octanol–water partition coefficient (Wildman–Crippen LogP) is 1.60. The average Bonchev–Trinajstić information content (AvgIpc) is 2.49. The molecule has 0 aromatic heterocycles. The van der Waals surface area contributed by atoms with Gasteiger partial charge in [-0.3, -0.25) is 0 Å². The summed E-state index contributed by atoms with van der Waals surface area (Å²) >= 11 is 0. The second-order valence-electron chi connectivity index (χ2n) is 5.24. The van der Waals surface area contributed by atoms with Crippen LogP contribution < -0.4 is 15.2 Å². The van der Waals surface area contributed by atoms with E-state index in [1.54, 1.807) is 12.1 Å². The first-order chi connectivity index (χ1) is 10.5. The number of sulfonamides is 1. The summed E-state index contributed by atoms with van der Waals surface area (Å²) in [7, 11) is -3.55. The lowest BCUT2D eigenvalue weighted by molar-refractivity contribution is 0.286. The zero-order valence-corrected chi connectivity index (χ0v) is 13.9. The molecule has 0 saturated carbocycles. The number of ether oxygens (including phenoxy) is 2. The van der Waals surface area contributed by atoms with Gasteiger partial charge in [-0.1, -0.05) is 0 Å². The largest absolute Gasteiger partial charge is 0.490 e. The van der Waals surface area contributed by atoms with Gasteiger partial charge >= 0.3 is 0 Å². The lowest BCUT2D eigenvalue weighted by Gasteiger charge is -2.30. The van der Waals surface area contributed by atoms with Crippen molar-refractivity contribution in [1.82, 2.24) is 4.31 Å². The molecule has 0 bridgehead atoms. The van der Waals surface area contributed by atoms with Gasteiger partial charge in [-0.05, 0) is 38.8 Å². The van der Waals surface area contributed by atoms with Gasteiger partial charge < -0.3 is 15.2 Å². The third kappa shape index (κ3) is 3.71. The lowest BCUT2D eigenvalue weighted by atomic mass is 10.1. The highest BCUT2D eigenvalue weighted by Gasteiger charge is 2.29. The molecule has 2 N–H and O–H groups in total. The number of nitrogens with zero attached hydrogens (tertiary/aromatic N) is 1. The van der Waals surface area contributed by atoms with Crippen LogP contribution in [0.15, 0.2) is 23.1 Å². The maximum Gasteiger partial charge on any atom is 0.243 e. The molecule has 2 rings (SSSR count). The van der Waals surface area contributed by atoms with E-state index in [1.165, 1.54) is 10.4 Å². The van der Waals surface area contributed by atoms with Crippen LogP contribution in [0.25, 0.3) is 0 Å². The molecule has 1 fully saturated rings. The van der Waals surface area contributed by atoms with Crippen LogP contribution in [-0.2, 0) is 10.0 Å². The van der Waals surface area contributed by atoms with Gasteiger partial charge in [0, 0.05) is 25.2 Å². The minimum absolute atomic E-state index is 0.0995. The normalized spacial score (nSPS) is 19.9. The highest BCUT2D eigenvalue weighted by molar-refractivity contribution is 7.89. The highest BCUT2D eigenvalue weighted by atomic mass is 32.2. The molecule has 1 aliphatic heterocycles. The molecule has 1 saturated heterocycles. The van der Waals surface area contributed by atoms with Crippen molar-refractivity contribution in [1.29, 1.82) is 0 Å². The van der Waals surface area contributed by atoms with E-state index in [0.717, 1.165) is 12.8 Å². The fourth-order valence-corrected chi connectivity index (χ4v) is 4.08. The Hall–Kier alpha value is -1.31. The minimum Gasteiger partial charge on any atom is -0.490 e. The summed E-state index contributed by atoms with van der Waals surface area (Å²) in [5.74, 6) is 1.00. The van der Waals surface area contributed by atoms with Crippen LogP contribution in [0.2, 0.25) is 0 Å². The molecule has 1 aliphatic rings. The molecule has 0 spiro atoms. The van der Waals surface area contributed by atoms with Crippen LogP contribution in [0, 0.1) is 0 Å². The molecule has 1 aromatic carbocycles. The van der Waals surface area contributed by atoms with E-state index >= 15 is 0 Å². The van der Waals surface area contributed by atoms with Crippen molar-refractivity contribution in [3.05, 3.63) is 18.2 Å². The van der Waals surface area contributed by atoms with Gasteiger partial charge in [-0.25, -0.2) is 8.42 Å². The Morgan fingerprint density at radius 3 is 2.55 bits per heavy atom. The Labute approximate surface area is 132 Å². The van der Waals surface area contributed by atoms with Gasteiger partial charge in [0.05, 0.1) is 18.1 Å². The van der Waals surface area contributed by atoms with Crippen LogP contribution in [0.4, 0.5) is 0 Å². The monoisotopic (exact) mass is 328 g/mol. The summed E-state index contributed by atoms with van der Waals surface area (Å²) < 4.78 is 37.9. The van der Waals surface area contributed by atoms with Gasteiger partial charge in [-0.2, -0.15) is 4.31 Å². The molecular weight excluding hydrogens is 304 g/mol. The Bertz CT molecular complexity index is 604. The Kier molecular flexibility index (Phi) is 5.66. The number of piperidine rings is 1. The standard InChI is InChI=1S/C15H24N2O4S/c1-3-20-14-8-7-13(10-15(14)21-4-2)22(18,19)17-9-5-6-12(16)11-17/h7-8,10,12H,3-6,9,11,16H2,1-2H3/t12-/m0/s1. The first-order valence-corrected chi connectivity index (χ1v) is 9.08. The molecule has 0 unspecified atom stereocenters. The van der Waals surface area contributed by atoms with E-state index in [2.05, 4.69) is 0 Å². The summed E-state index contributed by atoms with van der Waals surface area (Å²) in [6, 6.07) is 4.63. The molecule has 1 atom stereocenters. The first kappa shape index (κ1) is 17.1. The molecule has 0 aliphatic carbocycles. The Morgan fingerprint density at radius 1 is 1.23 bits per heavy atom. The average molecular weight is 328 g/mol. The molecule has 1 aromatic rings. The van der Waals surface area contributed by atoms with Crippen molar-refractivity contribution < 1.29 is 17.9 Å². The van der Waals surface area contributed by atoms with Crippen LogP contribution in [-0.4, -0.2) is 45.1 Å². The third-order valence-electron chi connectivity index (χ3n) is 3.57. The topological polar surface area (TPSA) is 81.9 Å². The minimum atomic E-state index is -3.55. The summed E-state index contributed by atoms with van der Waals surface area (Å²) in [4.78, 5) is 0.216. The smallest absolute Gasteiger partial charge is 0.243 e. The number of nitrogens with two attached hydrogens (primary N) is 1. The van der Waals surface area contributed by atoms with Crippen LogP contribution in [0.5, 0.6) is 11.5 Å². The Balaban J connectivity index is 2.32. The molecule has 6 nitrogen and oxygen atoms in total. The van der Waals surface area contributed by atoms with Crippen molar-refractivity contribution in [2.45, 2.75) is 37.6 Å². The maximum absolute atomic E-state index is 12.7. The zero-order chi connectivity index (χ0) is 16.2. The Morgan fingerprint density at radius 2 is 1.91 bits per heavy atom. The summed E-state index contributed by atoms with van der Waals surface area (Å²) in [6.45, 7) is 5.52. The fraction of sp³-hybridized carbons (Fsp3) is 0.600. The lowest BCUT2D eigenvalue weighted by Crippen LogP contribution is -2.45. The van der Waals surface area contributed by atoms with Gasteiger partial charge in [0.2, 0.25) is 10.0 Å². The highest BCUT2D eigenvalue weighted by Crippen LogP contribution is 2.32. The summed E-state index contributed by atoms with van der Waals surface area (Å²) in [5, 5.41) is 0. The van der Waals surface area contributed by atoms with E-state index in [9.17, 15) is 8.42 Å². The van der Waals surface area contributed by atoms with Crippen molar-refractivity contribution >= 4 is 10.0 Å². The molecule has 0 amide bonds. The van der Waals surface area contributed by atoms with E-state index in [1.807, 2.05) is 13.8 Å². The van der Waals surface area contributed by atoms with Gasteiger partial charge in [0.15, 0.2) is 11.5 Å².